The summed E-state index contributed by atoms with van der Waals surface area (Å²) in [7, 11) is 0. The summed E-state index contributed by atoms with van der Waals surface area (Å²) in [5.74, 6) is -0.669. The summed E-state index contributed by atoms with van der Waals surface area (Å²) in [6.45, 7) is 1.91. The van der Waals surface area contributed by atoms with Crippen LogP contribution in [0.2, 0.25) is 0 Å². The minimum Gasteiger partial charge on any atom is -0.504 e. The molecule has 8 heteroatoms. The smallest absolute Gasteiger partial charge is 0.341 e. The number of carbonyl (C=O) groups is 1. The molecule has 0 spiro atoms. The Labute approximate surface area is 148 Å². The number of anilines is 1. The summed E-state index contributed by atoms with van der Waals surface area (Å²) < 4.78 is 6.25. The highest BCUT2D eigenvalue weighted by Gasteiger charge is 2.15. The van der Waals surface area contributed by atoms with Crippen LogP contribution in [0.5, 0.6) is 5.75 Å². The molecule has 0 saturated heterocycles. The second-order valence-electron chi connectivity index (χ2n) is 5.20. The largest absolute Gasteiger partial charge is 0.504 e. The molecule has 0 saturated carbocycles. The van der Waals surface area contributed by atoms with Gasteiger partial charge >= 0.3 is 5.97 Å². The van der Waals surface area contributed by atoms with Crippen molar-refractivity contribution >= 4 is 22.9 Å². The highest BCUT2D eigenvalue weighted by Crippen LogP contribution is 2.16. The zero-order valence-corrected chi connectivity index (χ0v) is 13.9. The number of carbonyl (C=O) groups excluding carboxylic acids is 1. The molecule has 2 N–H and O–H groups in total. The first-order valence-corrected chi connectivity index (χ1v) is 7.86. The highest BCUT2D eigenvalue weighted by atomic mass is 16.5. The van der Waals surface area contributed by atoms with E-state index in [0.29, 0.717) is 5.69 Å². The van der Waals surface area contributed by atoms with Crippen molar-refractivity contribution in [1.82, 2.24) is 14.4 Å². The molecule has 0 atom stereocenters. The van der Waals surface area contributed by atoms with Gasteiger partial charge < -0.3 is 15.2 Å². The summed E-state index contributed by atoms with van der Waals surface area (Å²) in [5, 5.41) is 12.5. The molecule has 132 valence electrons. The number of nitrogens with zero attached hydrogens (tertiary/aromatic N) is 3. The average Bonchev–Trinajstić information content (AvgIpc) is 2.65. The fraction of sp³-hybridized carbons (Fsp3) is 0.111. The zero-order valence-electron chi connectivity index (χ0n) is 13.9. The van der Waals surface area contributed by atoms with E-state index in [1.165, 1.54) is 35.1 Å². The third kappa shape index (κ3) is 3.39. The number of aromatic hydroxyl groups is 1. The number of rotatable bonds is 5. The SMILES string of the molecule is CCOC(=O)/C(=C/Nc1cnc2c(O)cccn2c1=O)c1ccccn1. The van der Waals surface area contributed by atoms with Crippen LogP contribution in [0.15, 0.2) is 59.9 Å². The lowest BCUT2D eigenvalue weighted by molar-refractivity contribution is -0.136. The normalized spacial score (nSPS) is 11.3. The summed E-state index contributed by atoms with van der Waals surface area (Å²) in [6, 6.07) is 8.10. The lowest BCUT2D eigenvalue weighted by Gasteiger charge is -2.08. The number of aromatic nitrogens is 3. The number of esters is 1. The molecule has 0 radical (unpaired) electrons. The molecule has 0 bridgehead atoms. The van der Waals surface area contributed by atoms with Crippen LogP contribution in [-0.4, -0.2) is 32.1 Å². The zero-order chi connectivity index (χ0) is 18.5. The van der Waals surface area contributed by atoms with Crippen LogP contribution in [0.25, 0.3) is 11.2 Å². The molecule has 0 aromatic carbocycles. The van der Waals surface area contributed by atoms with Gasteiger partial charge in [0.15, 0.2) is 11.4 Å². The number of nitrogens with one attached hydrogen (secondary N) is 1. The molecule has 3 aromatic heterocycles. The van der Waals surface area contributed by atoms with E-state index in [0.717, 1.165) is 0 Å². The molecule has 3 aromatic rings. The van der Waals surface area contributed by atoms with E-state index in [2.05, 4.69) is 15.3 Å². The number of pyridine rings is 2. The van der Waals surface area contributed by atoms with Gasteiger partial charge in [-0.25, -0.2) is 9.78 Å². The molecule has 8 nitrogen and oxygen atoms in total. The molecule has 0 aliphatic carbocycles. The molecular formula is C18H16N4O4. The van der Waals surface area contributed by atoms with Crippen LogP contribution in [0, 0.1) is 0 Å². The van der Waals surface area contributed by atoms with E-state index in [9.17, 15) is 14.7 Å². The van der Waals surface area contributed by atoms with Crippen LogP contribution in [0.1, 0.15) is 12.6 Å². The van der Waals surface area contributed by atoms with Crippen molar-refractivity contribution in [3.63, 3.8) is 0 Å². The molecular weight excluding hydrogens is 336 g/mol. The molecule has 3 heterocycles. The van der Waals surface area contributed by atoms with E-state index in [1.54, 1.807) is 31.3 Å². The minimum absolute atomic E-state index is 0.104. The Morgan fingerprint density at radius 3 is 2.88 bits per heavy atom. The van der Waals surface area contributed by atoms with Crippen molar-refractivity contribution in [2.24, 2.45) is 0 Å². The average molecular weight is 352 g/mol. The van der Waals surface area contributed by atoms with Gasteiger partial charge in [0.1, 0.15) is 11.3 Å². The van der Waals surface area contributed by atoms with Gasteiger partial charge in [-0.3, -0.25) is 14.2 Å². The Kier molecular flexibility index (Phi) is 4.93. The first kappa shape index (κ1) is 17.2. The van der Waals surface area contributed by atoms with Gasteiger partial charge in [-0.2, -0.15) is 0 Å². The summed E-state index contributed by atoms with van der Waals surface area (Å²) in [4.78, 5) is 32.9. The molecule has 0 unspecified atom stereocenters. The Bertz CT molecular complexity index is 1030. The van der Waals surface area contributed by atoms with Crippen LogP contribution < -0.4 is 10.9 Å². The Hall–Kier alpha value is -3.68. The maximum absolute atomic E-state index is 12.5. The Balaban J connectivity index is 2.00. The monoisotopic (exact) mass is 352 g/mol. The van der Waals surface area contributed by atoms with Crippen molar-refractivity contribution in [3.05, 3.63) is 71.2 Å². The third-order valence-electron chi connectivity index (χ3n) is 3.52. The van der Waals surface area contributed by atoms with Gasteiger partial charge in [0.2, 0.25) is 0 Å². The van der Waals surface area contributed by atoms with Crippen molar-refractivity contribution in [1.29, 1.82) is 0 Å². The number of ether oxygens (including phenoxy) is 1. The molecule has 26 heavy (non-hydrogen) atoms. The Morgan fingerprint density at radius 2 is 2.15 bits per heavy atom. The van der Waals surface area contributed by atoms with Crippen LogP contribution >= 0.6 is 0 Å². The molecule has 0 amide bonds. The molecule has 0 aliphatic heterocycles. The lowest BCUT2D eigenvalue weighted by atomic mass is 10.2. The van der Waals surface area contributed by atoms with E-state index in [-0.39, 0.29) is 29.3 Å². The van der Waals surface area contributed by atoms with Crippen LogP contribution in [0.3, 0.4) is 0 Å². The first-order valence-electron chi connectivity index (χ1n) is 7.86. The molecule has 3 rings (SSSR count). The minimum atomic E-state index is -0.565. The van der Waals surface area contributed by atoms with Gasteiger partial charge in [0.05, 0.1) is 18.5 Å². The van der Waals surface area contributed by atoms with Crippen molar-refractivity contribution < 1.29 is 14.6 Å². The third-order valence-corrected chi connectivity index (χ3v) is 3.52. The van der Waals surface area contributed by atoms with E-state index in [4.69, 9.17) is 4.74 Å². The Morgan fingerprint density at radius 1 is 1.31 bits per heavy atom. The fourth-order valence-electron chi connectivity index (χ4n) is 2.31. The van der Waals surface area contributed by atoms with Crippen molar-refractivity contribution in [2.75, 3.05) is 11.9 Å². The van der Waals surface area contributed by atoms with E-state index >= 15 is 0 Å². The quantitative estimate of drug-likeness (QED) is 0.533. The van der Waals surface area contributed by atoms with Gasteiger partial charge in [0.25, 0.3) is 5.56 Å². The van der Waals surface area contributed by atoms with Crippen LogP contribution in [-0.2, 0) is 9.53 Å². The molecule has 0 fully saturated rings. The highest BCUT2D eigenvalue weighted by molar-refractivity contribution is 6.16. The van der Waals surface area contributed by atoms with Crippen molar-refractivity contribution in [2.45, 2.75) is 6.92 Å². The summed E-state index contributed by atoms with van der Waals surface area (Å²) in [6.07, 6.45) is 5.69. The van der Waals surface area contributed by atoms with Gasteiger partial charge in [-0.1, -0.05) is 6.07 Å². The van der Waals surface area contributed by atoms with Gasteiger partial charge in [-0.05, 0) is 31.2 Å². The maximum atomic E-state index is 12.5. The van der Waals surface area contributed by atoms with Gasteiger partial charge in [0, 0.05) is 18.6 Å². The topological polar surface area (TPSA) is 106 Å². The second-order valence-corrected chi connectivity index (χ2v) is 5.20. The number of hydrogen-bond donors (Lipinski definition) is 2. The maximum Gasteiger partial charge on any atom is 0.341 e. The second kappa shape index (κ2) is 7.47. The summed E-state index contributed by atoms with van der Waals surface area (Å²) >= 11 is 0. The summed E-state index contributed by atoms with van der Waals surface area (Å²) in [5.41, 5.74) is 0.428. The number of fused-ring (bicyclic) bond motifs is 1. The van der Waals surface area contributed by atoms with E-state index < -0.39 is 11.5 Å². The van der Waals surface area contributed by atoms with E-state index in [1.807, 2.05) is 0 Å². The predicted molar refractivity (Wildman–Crippen MR) is 95.6 cm³/mol. The predicted octanol–water partition coefficient (Wildman–Crippen LogP) is 1.81. The van der Waals surface area contributed by atoms with Gasteiger partial charge in [-0.15, -0.1) is 0 Å². The number of hydrogen-bond acceptors (Lipinski definition) is 7. The first-order chi connectivity index (χ1) is 12.6. The molecule has 0 aliphatic rings. The lowest BCUT2D eigenvalue weighted by Crippen LogP contribution is -2.18. The van der Waals surface area contributed by atoms with Crippen LogP contribution in [0.4, 0.5) is 5.69 Å². The standard InChI is InChI=1S/C18H16N4O4/c1-2-26-18(25)12(13-6-3-4-8-19-13)10-20-14-11-21-16-15(23)7-5-9-22(16)17(14)24/h3-11,20,23H,2H2,1H3/b12-10+. The van der Waals surface area contributed by atoms with Crippen molar-refractivity contribution in [3.8, 4) is 5.75 Å². The fourth-order valence-corrected chi connectivity index (χ4v) is 2.31.